The Morgan fingerprint density at radius 3 is 2.54 bits per heavy atom. The van der Waals surface area contributed by atoms with Crippen LogP contribution in [0.5, 0.6) is 0 Å². The Hall–Kier alpha value is -0.610. The van der Waals surface area contributed by atoms with E-state index in [2.05, 4.69) is 0 Å². The van der Waals surface area contributed by atoms with Gasteiger partial charge in [0.2, 0.25) is 5.91 Å². The molecular formula is C9H18N2O2. The smallest absolute Gasteiger partial charge is 0.239 e. The molecule has 1 saturated heterocycles. The Bertz CT molecular complexity index is 214. The topological polar surface area (TPSA) is 66.6 Å². The second-order valence-corrected chi connectivity index (χ2v) is 4.24. The van der Waals surface area contributed by atoms with Crippen LogP contribution < -0.4 is 5.73 Å². The van der Waals surface area contributed by atoms with Crippen molar-refractivity contribution in [3.05, 3.63) is 0 Å². The summed E-state index contributed by atoms with van der Waals surface area (Å²) in [6.45, 7) is 6.01. The third-order valence-electron chi connectivity index (χ3n) is 2.79. The molecule has 4 heteroatoms. The second kappa shape index (κ2) is 3.27. The number of amides is 1. The fourth-order valence-corrected chi connectivity index (χ4v) is 1.71. The maximum Gasteiger partial charge on any atom is 0.239 e. The molecule has 13 heavy (non-hydrogen) atoms. The van der Waals surface area contributed by atoms with E-state index in [1.54, 1.807) is 11.8 Å². The van der Waals surface area contributed by atoms with Gasteiger partial charge in [-0.1, -0.05) is 0 Å². The van der Waals surface area contributed by atoms with Gasteiger partial charge in [0.1, 0.15) is 0 Å². The van der Waals surface area contributed by atoms with Crippen molar-refractivity contribution in [1.29, 1.82) is 0 Å². The molecule has 4 nitrogen and oxygen atoms in total. The minimum atomic E-state index is -0.482. The van der Waals surface area contributed by atoms with Gasteiger partial charge >= 0.3 is 0 Å². The quantitative estimate of drug-likeness (QED) is 0.591. The van der Waals surface area contributed by atoms with Gasteiger partial charge in [-0.3, -0.25) is 4.79 Å². The lowest BCUT2D eigenvalue weighted by Crippen LogP contribution is -2.52. The molecule has 0 radical (unpaired) electrons. The molecule has 3 N–H and O–H groups in total. The highest BCUT2D eigenvalue weighted by molar-refractivity contribution is 5.82. The van der Waals surface area contributed by atoms with Crippen molar-refractivity contribution >= 4 is 5.91 Å². The van der Waals surface area contributed by atoms with E-state index < -0.39 is 17.7 Å². The molecule has 0 bridgehead atoms. The summed E-state index contributed by atoms with van der Waals surface area (Å²) in [4.78, 5) is 13.3. The molecule has 0 aliphatic carbocycles. The fourth-order valence-electron chi connectivity index (χ4n) is 1.71. The van der Waals surface area contributed by atoms with Crippen LogP contribution in [0, 0.1) is 0 Å². The number of hydrogen-bond acceptors (Lipinski definition) is 3. The lowest BCUT2D eigenvalue weighted by Gasteiger charge is -2.34. The van der Waals surface area contributed by atoms with E-state index in [9.17, 15) is 9.90 Å². The zero-order valence-corrected chi connectivity index (χ0v) is 8.45. The summed E-state index contributed by atoms with van der Waals surface area (Å²) in [5, 5.41) is 9.62. The van der Waals surface area contributed by atoms with Crippen molar-refractivity contribution in [2.75, 3.05) is 6.54 Å². The van der Waals surface area contributed by atoms with Crippen LogP contribution in [-0.4, -0.2) is 40.1 Å². The number of carbonyl (C=O) groups excluding carboxylic acids is 1. The van der Waals surface area contributed by atoms with Gasteiger partial charge in [0.25, 0.3) is 0 Å². The monoisotopic (exact) mass is 186 g/mol. The first-order valence-electron chi connectivity index (χ1n) is 4.62. The molecule has 2 atom stereocenters. The van der Waals surface area contributed by atoms with Gasteiger partial charge in [-0.25, -0.2) is 0 Å². The average molecular weight is 186 g/mol. The van der Waals surface area contributed by atoms with Crippen LogP contribution in [0.4, 0.5) is 0 Å². The molecule has 1 amide bonds. The molecule has 1 heterocycles. The summed E-state index contributed by atoms with van der Waals surface area (Å²) < 4.78 is 0. The first kappa shape index (κ1) is 10.5. The van der Waals surface area contributed by atoms with Gasteiger partial charge in [-0.05, 0) is 27.2 Å². The van der Waals surface area contributed by atoms with Gasteiger partial charge in [-0.2, -0.15) is 0 Å². The standard InChI is InChI=1S/C9H18N2O2/c1-6(10)8(13)11-5-4-7(12)9(11,2)3/h6-7,12H,4-5,10H2,1-3H3/t6-,7?/m0/s1. The van der Waals surface area contributed by atoms with Crippen LogP contribution in [0.15, 0.2) is 0 Å². The summed E-state index contributed by atoms with van der Waals surface area (Å²) in [6.07, 6.45) is 0.209. The van der Waals surface area contributed by atoms with Crippen LogP contribution in [0.25, 0.3) is 0 Å². The number of aliphatic hydroxyl groups is 1. The minimum absolute atomic E-state index is 0.0819. The van der Waals surface area contributed by atoms with Gasteiger partial charge in [0.15, 0.2) is 0 Å². The Balaban J connectivity index is 2.78. The van der Waals surface area contributed by atoms with Crippen LogP contribution in [0.3, 0.4) is 0 Å². The van der Waals surface area contributed by atoms with Crippen LogP contribution in [0.1, 0.15) is 27.2 Å². The molecule has 1 aliphatic rings. The third-order valence-corrected chi connectivity index (χ3v) is 2.79. The van der Waals surface area contributed by atoms with E-state index in [4.69, 9.17) is 5.73 Å². The van der Waals surface area contributed by atoms with Crippen molar-refractivity contribution in [1.82, 2.24) is 4.90 Å². The first-order chi connectivity index (χ1) is 5.87. The second-order valence-electron chi connectivity index (χ2n) is 4.24. The van der Waals surface area contributed by atoms with Crippen molar-refractivity contribution in [3.63, 3.8) is 0 Å². The molecular weight excluding hydrogens is 168 g/mol. The number of aliphatic hydroxyl groups excluding tert-OH is 1. The maximum absolute atomic E-state index is 11.6. The Morgan fingerprint density at radius 1 is 1.69 bits per heavy atom. The zero-order valence-electron chi connectivity index (χ0n) is 8.45. The molecule has 1 aliphatic heterocycles. The van der Waals surface area contributed by atoms with Crippen molar-refractivity contribution in [2.24, 2.45) is 5.73 Å². The van der Waals surface area contributed by atoms with Crippen molar-refractivity contribution < 1.29 is 9.90 Å². The highest BCUT2D eigenvalue weighted by Gasteiger charge is 2.43. The molecule has 1 unspecified atom stereocenters. The molecule has 0 aromatic heterocycles. The number of nitrogens with zero attached hydrogens (tertiary/aromatic N) is 1. The lowest BCUT2D eigenvalue weighted by atomic mass is 9.98. The van der Waals surface area contributed by atoms with Gasteiger partial charge in [-0.15, -0.1) is 0 Å². The predicted molar refractivity (Wildman–Crippen MR) is 50.1 cm³/mol. The van der Waals surface area contributed by atoms with Crippen molar-refractivity contribution in [2.45, 2.75) is 44.9 Å². The molecule has 1 rings (SSSR count). The van der Waals surface area contributed by atoms with Gasteiger partial charge in [0.05, 0.1) is 17.7 Å². The number of carbonyl (C=O) groups is 1. The molecule has 0 spiro atoms. The van der Waals surface area contributed by atoms with Crippen molar-refractivity contribution in [3.8, 4) is 0 Å². The number of likely N-dealkylation sites (tertiary alicyclic amines) is 1. The third kappa shape index (κ3) is 1.69. The van der Waals surface area contributed by atoms with Gasteiger partial charge in [0, 0.05) is 6.54 Å². The van der Waals surface area contributed by atoms with E-state index in [1.807, 2.05) is 13.8 Å². The van der Waals surface area contributed by atoms with E-state index in [0.29, 0.717) is 13.0 Å². The molecule has 1 fully saturated rings. The molecule has 0 saturated carbocycles. The summed E-state index contributed by atoms with van der Waals surface area (Å²) in [5.41, 5.74) is 5.04. The summed E-state index contributed by atoms with van der Waals surface area (Å²) >= 11 is 0. The van der Waals surface area contributed by atoms with E-state index in [0.717, 1.165) is 0 Å². The predicted octanol–water partition coefficient (Wildman–Crippen LogP) is -0.295. The highest BCUT2D eigenvalue weighted by Crippen LogP contribution is 2.28. The minimum Gasteiger partial charge on any atom is -0.391 e. The summed E-state index contributed by atoms with van der Waals surface area (Å²) in [6, 6.07) is -0.482. The Kier molecular flexibility index (Phi) is 2.63. The first-order valence-corrected chi connectivity index (χ1v) is 4.62. The van der Waals surface area contributed by atoms with Crippen LogP contribution in [0.2, 0.25) is 0 Å². The molecule has 0 aromatic rings. The average Bonchev–Trinajstić information content (AvgIpc) is 2.26. The summed E-state index contributed by atoms with van der Waals surface area (Å²) in [5.74, 6) is -0.0819. The number of hydrogen-bond donors (Lipinski definition) is 2. The number of rotatable bonds is 1. The zero-order chi connectivity index (χ0) is 10.2. The maximum atomic E-state index is 11.6. The van der Waals surface area contributed by atoms with Gasteiger partial charge < -0.3 is 15.7 Å². The Labute approximate surface area is 78.7 Å². The SMILES string of the molecule is C[C@H](N)C(=O)N1CCC(O)C1(C)C. The van der Waals surface area contributed by atoms with E-state index in [1.165, 1.54) is 0 Å². The molecule has 76 valence electrons. The fraction of sp³-hybridized carbons (Fsp3) is 0.889. The van der Waals surface area contributed by atoms with E-state index in [-0.39, 0.29) is 5.91 Å². The normalized spacial score (nSPS) is 29.0. The highest BCUT2D eigenvalue weighted by atomic mass is 16.3. The van der Waals surface area contributed by atoms with Crippen LogP contribution >= 0.6 is 0 Å². The van der Waals surface area contributed by atoms with Crippen LogP contribution in [-0.2, 0) is 4.79 Å². The lowest BCUT2D eigenvalue weighted by molar-refractivity contribution is -0.137. The number of nitrogens with two attached hydrogens (primary N) is 1. The molecule has 0 aromatic carbocycles. The largest absolute Gasteiger partial charge is 0.391 e. The Morgan fingerprint density at radius 2 is 2.23 bits per heavy atom. The van der Waals surface area contributed by atoms with E-state index >= 15 is 0 Å². The summed E-state index contributed by atoms with van der Waals surface area (Å²) in [7, 11) is 0.